The highest BCUT2D eigenvalue weighted by Crippen LogP contribution is 2.38. The van der Waals surface area contributed by atoms with E-state index in [9.17, 15) is 9.59 Å². The first-order valence-corrected chi connectivity index (χ1v) is 8.13. The molecular formula is C16H28N2O2. The van der Waals surface area contributed by atoms with Gasteiger partial charge in [-0.15, -0.1) is 0 Å². The van der Waals surface area contributed by atoms with Crippen molar-refractivity contribution < 1.29 is 9.59 Å². The van der Waals surface area contributed by atoms with Gasteiger partial charge in [-0.05, 0) is 38.0 Å². The maximum absolute atomic E-state index is 12.8. The lowest BCUT2D eigenvalue weighted by molar-refractivity contribution is -0.154. The molecule has 1 aliphatic heterocycles. The van der Waals surface area contributed by atoms with Crippen LogP contribution < -0.4 is 5.32 Å². The number of carbonyl (C=O) groups is 2. The zero-order valence-corrected chi connectivity index (χ0v) is 13.2. The van der Waals surface area contributed by atoms with Crippen molar-refractivity contribution >= 4 is 11.8 Å². The first-order chi connectivity index (χ1) is 9.51. The summed E-state index contributed by atoms with van der Waals surface area (Å²) < 4.78 is 0. The van der Waals surface area contributed by atoms with E-state index in [2.05, 4.69) is 26.1 Å². The van der Waals surface area contributed by atoms with E-state index in [-0.39, 0.29) is 35.9 Å². The first kappa shape index (κ1) is 15.3. The molecule has 0 aromatic heterocycles. The Morgan fingerprint density at radius 1 is 1.25 bits per heavy atom. The molecule has 4 heteroatoms. The van der Waals surface area contributed by atoms with Crippen LogP contribution in [0.25, 0.3) is 0 Å². The number of amides is 2. The summed E-state index contributed by atoms with van der Waals surface area (Å²) in [6, 6.07) is -0.387. The van der Waals surface area contributed by atoms with Crippen LogP contribution in [0, 0.1) is 11.8 Å². The van der Waals surface area contributed by atoms with Crippen LogP contribution in [0.1, 0.15) is 59.8 Å². The topological polar surface area (TPSA) is 49.4 Å². The fraction of sp³-hybridized carbons (Fsp3) is 0.875. The van der Waals surface area contributed by atoms with E-state index in [0.29, 0.717) is 5.92 Å². The molecule has 1 N–H and O–H groups in total. The number of piperazine rings is 1. The quantitative estimate of drug-likeness (QED) is 0.812. The van der Waals surface area contributed by atoms with Gasteiger partial charge in [0, 0.05) is 6.04 Å². The molecule has 0 aromatic carbocycles. The Hall–Kier alpha value is -1.06. The van der Waals surface area contributed by atoms with Gasteiger partial charge >= 0.3 is 0 Å². The second-order valence-corrected chi connectivity index (χ2v) is 6.54. The van der Waals surface area contributed by atoms with E-state index in [4.69, 9.17) is 0 Å². The van der Waals surface area contributed by atoms with Gasteiger partial charge < -0.3 is 10.2 Å². The Bertz CT molecular complexity index is 379. The number of rotatable bonds is 6. The fourth-order valence-corrected chi connectivity index (χ4v) is 3.25. The van der Waals surface area contributed by atoms with Crippen molar-refractivity contribution in [3.05, 3.63) is 0 Å². The van der Waals surface area contributed by atoms with Crippen LogP contribution in [0.2, 0.25) is 0 Å². The van der Waals surface area contributed by atoms with E-state index in [1.54, 1.807) is 0 Å². The molecule has 4 nitrogen and oxygen atoms in total. The van der Waals surface area contributed by atoms with E-state index in [0.717, 1.165) is 32.1 Å². The lowest BCUT2D eigenvalue weighted by Crippen LogP contribution is -2.67. The number of carbonyl (C=O) groups excluding carboxylic acids is 2. The fourth-order valence-electron chi connectivity index (χ4n) is 3.25. The molecule has 0 aromatic rings. The predicted octanol–water partition coefficient (Wildman–Crippen LogP) is 2.33. The van der Waals surface area contributed by atoms with Gasteiger partial charge in [0.05, 0.1) is 0 Å². The van der Waals surface area contributed by atoms with Crippen LogP contribution in [0.4, 0.5) is 0 Å². The van der Waals surface area contributed by atoms with Crippen molar-refractivity contribution in [2.75, 3.05) is 0 Å². The third-order valence-electron chi connectivity index (χ3n) is 4.85. The summed E-state index contributed by atoms with van der Waals surface area (Å²) >= 11 is 0. The van der Waals surface area contributed by atoms with Gasteiger partial charge in [-0.1, -0.05) is 33.6 Å². The summed E-state index contributed by atoms with van der Waals surface area (Å²) in [5, 5.41) is 2.99. The maximum atomic E-state index is 12.8. The third-order valence-corrected chi connectivity index (χ3v) is 4.85. The average molecular weight is 280 g/mol. The van der Waals surface area contributed by atoms with Crippen molar-refractivity contribution in [3.63, 3.8) is 0 Å². The Balaban J connectivity index is 2.23. The summed E-state index contributed by atoms with van der Waals surface area (Å²) in [7, 11) is 0. The SMILES string of the molecule is CCCC(C)N1C(=O)C(C(C)CC)NC(=O)C1C1CC1. The molecule has 2 rings (SSSR count). The van der Waals surface area contributed by atoms with Crippen molar-refractivity contribution in [1.29, 1.82) is 0 Å². The van der Waals surface area contributed by atoms with E-state index in [1.165, 1.54) is 0 Å². The van der Waals surface area contributed by atoms with Gasteiger partial charge in [0.2, 0.25) is 11.8 Å². The molecule has 1 heterocycles. The van der Waals surface area contributed by atoms with Crippen LogP contribution >= 0.6 is 0 Å². The molecule has 0 spiro atoms. The molecule has 2 amide bonds. The summed E-state index contributed by atoms with van der Waals surface area (Å²) in [6.45, 7) is 8.33. The number of nitrogens with one attached hydrogen (secondary N) is 1. The Kier molecular flexibility index (Phi) is 4.71. The normalized spacial score (nSPS) is 30.1. The summed E-state index contributed by atoms with van der Waals surface area (Å²) in [5.41, 5.74) is 0. The third kappa shape index (κ3) is 2.84. The van der Waals surface area contributed by atoms with Crippen molar-refractivity contribution in [2.45, 2.75) is 77.9 Å². The molecular weight excluding hydrogens is 252 g/mol. The average Bonchev–Trinajstić information content (AvgIpc) is 3.24. The first-order valence-electron chi connectivity index (χ1n) is 8.13. The van der Waals surface area contributed by atoms with Gasteiger partial charge in [-0.25, -0.2) is 0 Å². The lowest BCUT2D eigenvalue weighted by atomic mass is 9.91. The highest BCUT2D eigenvalue weighted by atomic mass is 16.2. The van der Waals surface area contributed by atoms with Gasteiger partial charge in [0.1, 0.15) is 12.1 Å². The van der Waals surface area contributed by atoms with Crippen LogP contribution in [0.15, 0.2) is 0 Å². The predicted molar refractivity (Wildman–Crippen MR) is 79.1 cm³/mol. The molecule has 1 aliphatic carbocycles. The van der Waals surface area contributed by atoms with Gasteiger partial charge in [-0.3, -0.25) is 9.59 Å². The molecule has 4 unspecified atom stereocenters. The van der Waals surface area contributed by atoms with Gasteiger partial charge in [0.15, 0.2) is 0 Å². The zero-order chi connectivity index (χ0) is 14.9. The number of nitrogens with zero attached hydrogens (tertiary/aromatic N) is 1. The van der Waals surface area contributed by atoms with Crippen LogP contribution in [0.3, 0.4) is 0 Å². The highest BCUT2D eigenvalue weighted by Gasteiger charge is 2.49. The smallest absolute Gasteiger partial charge is 0.246 e. The van der Waals surface area contributed by atoms with Crippen LogP contribution in [-0.2, 0) is 9.59 Å². The van der Waals surface area contributed by atoms with Crippen LogP contribution in [-0.4, -0.2) is 34.8 Å². The number of hydrogen-bond acceptors (Lipinski definition) is 2. The van der Waals surface area contributed by atoms with E-state index >= 15 is 0 Å². The van der Waals surface area contributed by atoms with Gasteiger partial charge in [-0.2, -0.15) is 0 Å². The Morgan fingerprint density at radius 3 is 2.40 bits per heavy atom. The largest absolute Gasteiger partial charge is 0.342 e. The molecule has 1 saturated carbocycles. The van der Waals surface area contributed by atoms with E-state index in [1.807, 2.05) is 11.8 Å². The minimum atomic E-state index is -0.332. The zero-order valence-electron chi connectivity index (χ0n) is 13.2. The minimum Gasteiger partial charge on any atom is -0.342 e. The molecule has 20 heavy (non-hydrogen) atoms. The number of hydrogen-bond donors (Lipinski definition) is 1. The summed E-state index contributed by atoms with van der Waals surface area (Å²) in [6.07, 6.45) is 5.07. The molecule has 0 radical (unpaired) electrons. The maximum Gasteiger partial charge on any atom is 0.246 e. The molecule has 2 aliphatic rings. The molecule has 2 fully saturated rings. The van der Waals surface area contributed by atoms with E-state index < -0.39 is 0 Å². The minimum absolute atomic E-state index is 0.0698. The second-order valence-electron chi connectivity index (χ2n) is 6.54. The monoisotopic (exact) mass is 280 g/mol. The summed E-state index contributed by atoms with van der Waals surface area (Å²) in [5.74, 6) is 0.788. The molecule has 1 saturated heterocycles. The van der Waals surface area contributed by atoms with Crippen molar-refractivity contribution in [2.24, 2.45) is 11.8 Å². The molecule has 0 bridgehead atoms. The van der Waals surface area contributed by atoms with Crippen molar-refractivity contribution in [3.8, 4) is 0 Å². The van der Waals surface area contributed by atoms with Gasteiger partial charge in [0.25, 0.3) is 0 Å². The lowest BCUT2D eigenvalue weighted by Gasteiger charge is -2.44. The highest BCUT2D eigenvalue weighted by molar-refractivity contribution is 5.97. The summed E-state index contributed by atoms with van der Waals surface area (Å²) in [4.78, 5) is 27.2. The van der Waals surface area contributed by atoms with Crippen molar-refractivity contribution in [1.82, 2.24) is 10.2 Å². The second kappa shape index (κ2) is 6.15. The molecule has 4 atom stereocenters. The van der Waals surface area contributed by atoms with Crippen LogP contribution in [0.5, 0.6) is 0 Å². The Labute approximate surface area is 122 Å². The Morgan fingerprint density at radius 2 is 1.90 bits per heavy atom. The standard InChI is InChI=1S/C16H28N2O2/c1-5-7-11(4)18-14(12-8-9-12)15(19)17-13(16(18)20)10(3)6-2/h10-14H,5-9H2,1-4H3,(H,17,19). The molecule has 114 valence electrons.